The zero-order valence-electron chi connectivity index (χ0n) is 10.8. The molecule has 4 nitrogen and oxygen atoms in total. The van der Waals surface area contributed by atoms with Crippen LogP contribution in [0.3, 0.4) is 0 Å². The van der Waals surface area contributed by atoms with E-state index in [9.17, 15) is 8.42 Å². The van der Waals surface area contributed by atoms with Crippen LogP contribution >= 0.6 is 0 Å². The van der Waals surface area contributed by atoms with Gasteiger partial charge in [-0.05, 0) is 23.3 Å². The maximum Gasteiger partial charge on any atom is 0.175 e. The summed E-state index contributed by atoms with van der Waals surface area (Å²) in [4.78, 5) is 0. The maximum absolute atomic E-state index is 11.0. The molecule has 1 rings (SSSR count). The van der Waals surface area contributed by atoms with E-state index in [1.807, 2.05) is 0 Å². The van der Waals surface area contributed by atoms with Gasteiger partial charge in [0.05, 0.1) is 12.0 Å². The lowest BCUT2D eigenvalue weighted by atomic mass is 9.59. The van der Waals surface area contributed by atoms with Crippen molar-refractivity contribution >= 4 is 9.84 Å². The summed E-state index contributed by atoms with van der Waals surface area (Å²) < 4.78 is 32.2. The molecule has 0 N–H and O–H groups in total. The molecule has 98 valence electrons. The average Bonchev–Trinajstić information content (AvgIpc) is 2.19. The van der Waals surface area contributed by atoms with Crippen molar-refractivity contribution in [2.24, 2.45) is 11.3 Å². The fraction of sp³-hybridized carbons (Fsp3) is 0.750. The summed E-state index contributed by atoms with van der Waals surface area (Å²) in [5.74, 6) is 0.396. The fourth-order valence-corrected chi connectivity index (χ4v) is 2.20. The molecule has 0 heterocycles. The van der Waals surface area contributed by atoms with Gasteiger partial charge in [0.15, 0.2) is 9.84 Å². The van der Waals surface area contributed by atoms with E-state index in [2.05, 4.69) is 19.6 Å². The molecule has 0 spiro atoms. The summed E-state index contributed by atoms with van der Waals surface area (Å²) in [6.45, 7) is 5.08. The minimum absolute atomic E-state index is 0.0467. The van der Waals surface area contributed by atoms with Gasteiger partial charge in [-0.2, -0.15) is 0 Å². The van der Waals surface area contributed by atoms with Crippen molar-refractivity contribution in [3.63, 3.8) is 0 Å². The number of sulfone groups is 1. The van der Waals surface area contributed by atoms with Gasteiger partial charge in [-0.25, -0.2) is 8.42 Å². The molecule has 0 aromatic carbocycles. The average molecular weight is 260 g/mol. The third-order valence-corrected chi connectivity index (χ3v) is 3.76. The van der Waals surface area contributed by atoms with Crippen molar-refractivity contribution < 1.29 is 17.9 Å². The van der Waals surface area contributed by atoms with Crippen molar-refractivity contribution in [1.82, 2.24) is 0 Å². The number of methoxy groups -OCH3 is 1. The van der Waals surface area contributed by atoms with Crippen LogP contribution in [0.1, 0.15) is 20.3 Å². The Morgan fingerprint density at radius 3 is 2.65 bits per heavy atom. The summed E-state index contributed by atoms with van der Waals surface area (Å²) in [6, 6.07) is 0. The van der Waals surface area contributed by atoms with Crippen molar-refractivity contribution in [1.29, 1.82) is 0 Å². The van der Waals surface area contributed by atoms with Crippen LogP contribution in [0, 0.1) is 11.3 Å². The Hall–Kier alpha value is -0.610. The highest BCUT2D eigenvalue weighted by Crippen LogP contribution is 2.50. The van der Waals surface area contributed by atoms with Gasteiger partial charge in [-0.15, -0.1) is 5.73 Å². The summed E-state index contributed by atoms with van der Waals surface area (Å²) in [6.07, 6.45) is 2.01. The number of hydrogen-bond donors (Lipinski definition) is 0. The van der Waals surface area contributed by atoms with Gasteiger partial charge >= 0.3 is 0 Å². The van der Waals surface area contributed by atoms with Crippen LogP contribution < -0.4 is 0 Å². The van der Waals surface area contributed by atoms with Crippen LogP contribution in [0.5, 0.6) is 0 Å². The van der Waals surface area contributed by atoms with Gasteiger partial charge < -0.3 is 9.47 Å². The zero-order valence-corrected chi connectivity index (χ0v) is 11.6. The number of allylic oxidation sites excluding steroid dienone is 1. The first kappa shape index (κ1) is 14.5. The molecular weight excluding hydrogens is 240 g/mol. The second-order valence-corrected chi connectivity index (χ2v) is 6.87. The molecule has 0 aromatic heterocycles. The largest absolute Gasteiger partial charge is 0.359 e. The molecule has 1 atom stereocenters. The fourth-order valence-electron chi connectivity index (χ4n) is 1.84. The molecule has 1 saturated carbocycles. The number of hydrogen-bond acceptors (Lipinski definition) is 4. The molecule has 0 radical (unpaired) electrons. The SMILES string of the molecule is COCOCC1CC(=C=CS(C)(=O)=O)C1(C)C. The topological polar surface area (TPSA) is 52.6 Å². The summed E-state index contributed by atoms with van der Waals surface area (Å²) in [5, 5.41) is 1.15. The van der Waals surface area contributed by atoms with Gasteiger partial charge in [0.2, 0.25) is 0 Å². The van der Waals surface area contributed by atoms with E-state index in [-0.39, 0.29) is 5.41 Å². The Labute approximate surface area is 103 Å². The van der Waals surface area contributed by atoms with E-state index in [1.165, 1.54) is 6.26 Å². The first-order valence-corrected chi connectivity index (χ1v) is 7.45. The van der Waals surface area contributed by atoms with Crippen LogP contribution in [0.25, 0.3) is 0 Å². The lowest BCUT2D eigenvalue weighted by Crippen LogP contribution is -2.40. The second kappa shape index (κ2) is 5.36. The number of rotatable bonds is 5. The third-order valence-electron chi connectivity index (χ3n) is 3.22. The first-order chi connectivity index (χ1) is 7.77. The van der Waals surface area contributed by atoms with Gasteiger partial charge in [-0.1, -0.05) is 13.8 Å². The van der Waals surface area contributed by atoms with E-state index in [0.29, 0.717) is 19.3 Å². The maximum atomic E-state index is 11.0. The molecule has 5 heteroatoms. The second-order valence-electron chi connectivity index (χ2n) is 4.97. The highest BCUT2D eigenvalue weighted by molar-refractivity contribution is 7.93. The van der Waals surface area contributed by atoms with Crippen LogP contribution in [0.4, 0.5) is 0 Å². The quantitative estimate of drug-likeness (QED) is 0.429. The van der Waals surface area contributed by atoms with E-state index in [0.717, 1.165) is 17.4 Å². The monoisotopic (exact) mass is 260 g/mol. The standard InChI is InChI=1S/C12H20O4S/c1-12(2)10(5-6-17(4,13)14)7-11(12)8-16-9-15-3/h6,11H,7-9H2,1-4H3. The molecule has 0 aliphatic heterocycles. The molecule has 17 heavy (non-hydrogen) atoms. The Morgan fingerprint density at radius 1 is 1.53 bits per heavy atom. The van der Waals surface area contributed by atoms with Crippen molar-refractivity contribution in [3.05, 3.63) is 16.7 Å². The van der Waals surface area contributed by atoms with Crippen molar-refractivity contribution in [2.75, 3.05) is 26.8 Å². The zero-order chi connectivity index (χ0) is 13.1. The predicted octanol–water partition coefficient (Wildman–Crippen LogP) is 1.74. The molecule has 1 aliphatic rings. The van der Waals surface area contributed by atoms with Crippen LogP contribution in [-0.2, 0) is 19.3 Å². The highest BCUT2D eigenvalue weighted by atomic mass is 32.2. The molecule has 1 fully saturated rings. The lowest BCUT2D eigenvalue weighted by Gasteiger charge is -2.46. The summed E-state index contributed by atoms with van der Waals surface area (Å²) in [7, 11) is -1.50. The van der Waals surface area contributed by atoms with E-state index in [4.69, 9.17) is 9.47 Å². The molecule has 0 bridgehead atoms. The van der Waals surface area contributed by atoms with Gasteiger partial charge in [-0.3, -0.25) is 0 Å². The molecule has 0 aromatic rings. The molecule has 0 amide bonds. The summed E-state index contributed by atoms with van der Waals surface area (Å²) in [5.41, 5.74) is 3.88. The van der Waals surface area contributed by atoms with Gasteiger partial charge in [0, 0.05) is 13.4 Å². The van der Waals surface area contributed by atoms with Gasteiger partial charge in [0.25, 0.3) is 0 Å². The lowest BCUT2D eigenvalue weighted by molar-refractivity contribution is -0.0659. The minimum atomic E-state index is -3.09. The minimum Gasteiger partial charge on any atom is -0.359 e. The normalized spacial score (nSPS) is 22.8. The molecule has 1 aliphatic carbocycles. The van der Waals surface area contributed by atoms with Crippen molar-refractivity contribution in [2.45, 2.75) is 20.3 Å². The Morgan fingerprint density at radius 2 is 2.18 bits per heavy atom. The van der Waals surface area contributed by atoms with Crippen LogP contribution in [0.2, 0.25) is 0 Å². The predicted molar refractivity (Wildman–Crippen MR) is 66.2 cm³/mol. The summed E-state index contributed by atoms with van der Waals surface area (Å²) >= 11 is 0. The van der Waals surface area contributed by atoms with Crippen LogP contribution in [-0.4, -0.2) is 35.2 Å². The van der Waals surface area contributed by atoms with E-state index in [1.54, 1.807) is 7.11 Å². The van der Waals surface area contributed by atoms with E-state index >= 15 is 0 Å². The first-order valence-electron chi connectivity index (χ1n) is 5.50. The Bertz CT molecular complexity index is 427. The van der Waals surface area contributed by atoms with Gasteiger partial charge in [0.1, 0.15) is 6.79 Å². The molecule has 1 unspecified atom stereocenters. The molecule has 0 saturated heterocycles. The van der Waals surface area contributed by atoms with Crippen molar-refractivity contribution in [3.8, 4) is 0 Å². The Kier molecular flexibility index (Phi) is 4.55. The Balaban J connectivity index is 2.64. The van der Waals surface area contributed by atoms with Crippen LogP contribution in [0.15, 0.2) is 16.7 Å². The highest BCUT2D eigenvalue weighted by Gasteiger charge is 2.43. The smallest absolute Gasteiger partial charge is 0.175 e. The van der Waals surface area contributed by atoms with E-state index < -0.39 is 9.84 Å². The number of ether oxygens (including phenoxy) is 2. The molecular formula is C12H20O4S. The third kappa shape index (κ3) is 3.96.